The molecule has 0 amide bonds. The van der Waals surface area contributed by atoms with Crippen LogP contribution in [0, 0.1) is 20.8 Å². The maximum absolute atomic E-state index is 12.7. The molecule has 4 aromatic carbocycles. The van der Waals surface area contributed by atoms with Gasteiger partial charge in [-0.2, -0.15) is 0 Å². The minimum atomic E-state index is -4.90. The largest absolute Gasteiger partial charge is 0.566 e. The predicted molar refractivity (Wildman–Crippen MR) is 135 cm³/mol. The Kier molecular flexibility index (Phi) is 7.17. The van der Waals surface area contributed by atoms with Crippen LogP contribution >= 0.6 is 7.82 Å². The van der Waals surface area contributed by atoms with Gasteiger partial charge in [0.2, 0.25) is 0 Å². The molecular weight excluding hydrogens is 463 g/mol. The van der Waals surface area contributed by atoms with Crippen molar-refractivity contribution in [3.05, 3.63) is 113 Å². The first kappa shape index (κ1) is 24.4. The highest BCUT2D eigenvalue weighted by atomic mass is 31.2. The molecule has 0 bridgehead atoms. The highest BCUT2D eigenvalue weighted by Crippen LogP contribution is 2.47. The van der Waals surface area contributed by atoms with E-state index >= 15 is 0 Å². The molecule has 35 heavy (non-hydrogen) atoms. The van der Waals surface area contributed by atoms with E-state index in [-0.39, 0.29) is 11.3 Å². The van der Waals surface area contributed by atoms with Crippen LogP contribution in [0.1, 0.15) is 27.0 Å². The van der Waals surface area contributed by atoms with Crippen molar-refractivity contribution in [3.63, 3.8) is 0 Å². The number of hydrogen-bond acceptors (Lipinski definition) is 5. The zero-order chi connectivity index (χ0) is 25.0. The van der Waals surface area contributed by atoms with Crippen molar-refractivity contribution in [1.29, 1.82) is 0 Å². The van der Waals surface area contributed by atoms with E-state index in [2.05, 4.69) is 0 Å². The molecule has 0 heterocycles. The first-order valence-electron chi connectivity index (χ1n) is 11.0. The molecule has 6 nitrogen and oxygen atoms in total. The molecule has 0 aliphatic rings. The van der Waals surface area contributed by atoms with Gasteiger partial charge in [0.15, 0.2) is 5.75 Å². The fourth-order valence-electron chi connectivity index (χ4n) is 4.12. The van der Waals surface area contributed by atoms with Crippen LogP contribution in [0.3, 0.4) is 0 Å². The molecule has 4 aromatic rings. The van der Waals surface area contributed by atoms with Crippen molar-refractivity contribution in [3.8, 4) is 28.0 Å². The lowest BCUT2D eigenvalue weighted by Gasteiger charge is -2.17. The van der Waals surface area contributed by atoms with Gasteiger partial charge in [0.25, 0.3) is 0 Å². The lowest BCUT2D eigenvalue weighted by Crippen LogP contribution is -2.10. The van der Waals surface area contributed by atoms with Gasteiger partial charge >= 0.3 is 13.8 Å². The Hall–Kier alpha value is -3.70. The van der Waals surface area contributed by atoms with E-state index in [1.165, 1.54) is 0 Å². The molecular formula is C28H25O6P. The van der Waals surface area contributed by atoms with Gasteiger partial charge in [0.05, 0.1) is 5.56 Å². The average molecular weight is 488 g/mol. The van der Waals surface area contributed by atoms with Crippen LogP contribution in [-0.4, -0.2) is 10.9 Å². The number of hydrogen-bond donors (Lipinski definition) is 1. The molecule has 0 aliphatic carbocycles. The van der Waals surface area contributed by atoms with Crippen LogP contribution in [0.25, 0.3) is 22.3 Å². The summed E-state index contributed by atoms with van der Waals surface area (Å²) in [5.74, 6) is -0.763. The summed E-state index contributed by atoms with van der Waals surface area (Å²) in [4.78, 5) is 28.3. The van der Waals surface area contributed by atoms with Crippen molar-refractivity contribution in [2.24, 2.45) is 0 Å². The fourth-order valence-corrected chi connectivity index (χ4v) is 4.62. The number of aryl methyl sites for hydroxylation is 3. The van der Waals surface area contributed by atoms with E-state index in [1.807, 2.05) is 73.7 Å². The lowest BCUT2D eigenvalue weighted by molar-refractivity contribution is -0.123. The van der Waals surface area contributed by atoms with Crippen molar-refractivity contribution in [2.75, 3.05) is 0 Å². The molecule has 0 radical (unpaired) electrons. The summed E-state index contributed by atoms with van der Waals surface area (Å²) < 4.78 is 22.3. The molecule has 1 atom stereocenters. The average Bonchev–Trinajstić information content (AvgIpc) is 2.82. The lowest BCUT2D eigenvalue weighted by atomic mass is 9.94. The van der Waals surface area contributed by atoms with Crippen LogP contribution in [0.4, 0.5) is 0 Å². The van der Waals surface area contributed by atoms with Crippen molar-refractivity contribution < 1.29 is 28.3 Å². The first-order chi connectivity index (χ1) is 16.7. The molecule has 4 rings (SSSR count). The van der Waals surface area contributed by atoms with Crippen molar-refractivity contribution >= 4 is 13.8 Å². The topological polar surface area (TPSA) is 82.1 Å². The summed E-state index contributed by atoms with van der Waals surface area (Å²) in [6, 6.07) is 28.0. The Morgan fingerprint density at radius 1 is 0.771 bits per heavy atom. The Labute approximate surface area is 204 Å². The van der Waals surface area contributed by atoms with Crippen LogP contribution < -0.4 is 4.89 Å². The van der Waals surface area contributed by atoms with E-state index in [4.69, 9.17) is 14.1 Å². The quantitative estimate of drug-likeness (QED) is 0.168. The van der Waals surface area contributed by atoms with Crippen molar-refractivity contribution in [2.45, 2.75) is 20.8 Å². The minimum absolute atomic E-state index is 0.200. The van der Waals surface area contributed by atoms with E-state index in [0.29, 0.717) is 16.7 Å². The second-order valence-electron chi connectivity index (χ2n) is 8.19. The molecule has 0 saturated heterocycles. The minimum Gasteiger partial charge on any atom is -0.365 e. The number of carbonyl (C=O) groups is 1. The standard InChI is InChI=1S/C28H25O6P/c1-19-17-20(2)26(21(3)18-19)28(29)33-35(30,31)34-32-25-16-10-15-24(22-11-6-4-7-12-22)27(25)23-13-8-5-9-14-23/h4-18H,1-3H3,(H,30,31). The van der Waals surface area contributed by atoms with E-state index in [0.717, 1.165) is 22.3 Å². The third-order valence-corrected chi connectivity index (χ3v) is 6.13. The maximum Gasteiger partial charge on any atom is 0.566 e. The molecule has 1 unspecified atom stereocenters. The zero-order valence-corrected chi connectivity index (χ0v) is 20.5. The number of phosphoric acid groups is 1. The highest BCUT2D eigenvalue weighted by molar-refractivity contribution is 7.47. The van der Waals surface area contributed by atoms with Crippen LogP contribution in [0.5, 0.6) is 5.75 Å². The number of carbonyl (C=O) groups excluding carboxylic acids is 1. The second-order valence-corrected chi connectivity index (χ2v) is 9.46. The van der Waals surface area contributed by atoms with Gasteiger partial charge in [-0.25, -0.2) is 9.36 Å². The zero-order valence-electron chi connectivity index (χ0n) is 19.6. The molecule has 0 fully saturated rings. The van der Waals surface area contributed by atoms with Crippen LogP contribution in [0.2, 0.25) is 0 Å². The molecule has 1 N–H and O–H groups in total. The summed E-state index contributed by atoms with van der Waals surface area (Å²) in [6.45, 7) is 5.37. The van der Waals surface area contributed by atoms with Gasteiger partial charge in [0.1, 0.15) is 0 Å². The second kappa shape index (κ2) is 10.3. The normalized spacial score (nSPS) is 12.6. The molecule has 0 spiro atoms. The third-order valence-electron chi connectivity index (χ3n) is 5.47. The van der Waals surface area contributed by atoms with E-state index in [1.54, 1.807) is 38.1 Å². The first-order valence-corrected chi connectivity index (χ1v) is 12.5. The smallest absolute Gasteiger partial charge is 0.365 e. The Morgan fingerprint density at radius 2 is 1.34 bits per heavy atom. The molecule has 0 aliphatic heterocycles. The van der Waals surface area contributed by atoms with E-state index in [9.17, 15) is 14.3 Å². The predicted octanol–water partition coefficient (Wildman–Crippen LogP) is 7.21. The van der Waals surface area contributed by atoms with Gasteiger partial charge < -0.3 is 9.41 Å². The highest BCUT2D eigenvalue weighted by Gasteiger charge is 2.31. The van der Waals surface area contributed by atoms with Crippen molar-refractivity contribution in [1.82, 2.24) is 0 Å². The summed E-state index contributed by atoms with van der Waals surface area (Å²) in [5.41, 5.74) is 5.71. The summed E-state index contributed by atoms with van der Waals surface area (Å²) in [5, 5.41) is 0. The molecule has 7 heteroatoms. The monoisotopic (exact) mass is 488 g/mol. The number of phosphoric ester groups is 1. The Balaban J connectivity index is 1.62. The van der Waals surface area contributed by atoms with Gasteiger partial charge in [-0.3, -0.25) is 4.89 Å². The molecule has 0 aromatic heterocycles. The van der Waals surface area contributed by atoms with Crippen LogP contribution in [0.15, 0.2) is 91.0 Å². The Bertz CT molecular complexity index is 1380. The maximum atomic E-state index is 12.7. The summed E-state index contributed by atoms with van der Waals surface area (Å²) in [6.07, 6.45) is 0. The third kappa shape index (κ3) is 5.69. The fraction of sp³-hybridized carbons (Fsp3) is 0.107. The van der Waals surface area contributed by atoms with Gasteiger partial charge in [-0.05, 0) is 54.7 Å². The van der Waals surface area contributed by atoms with Crippen LogP contribution in [-0.2, 0) is 13.8 Å². The SMILES string of the molecule is Cc1cc(C)c(C(=O)OP(=O)(O)OOc2cccc(-c3ccccc3)c2-c2ccccc2)c(C)c1. The molecule has 0 saturated carbocycles. The summed E-state index contributed by atoms with van der Waals surface area (Å²) >= 11 is 0. The molecule has 178 valence electrons. The van der Waals surface area contributed by atoms with Gasteiger partial charge in [-0.1, -0.05) is 95.2 Å². The number of rotatable bonds is 7. The number of benzene rings is 4. The van der Waals surface area contributed by atoms with E-state index < -0.39 is 13.8 Å². The Morgan fingerprint density at radius 3 is 1.94 bits per heavy atom. The van der Waals surface area contributed by atoms with Gasteiger partial charge in [0, 0.05) is 5.56 Å². The van der Waals surface area contributed by atoms with Gasteiger partial charge in [-0.15, -0.1) is 0 Å². The summed E-state index contributed by atoms with van der Waals surface area (Å²) in [7, 11) is -4.90.